The fourth-order valence-electron chi connectivity index (χ4n) is 5.58. The summed E-state index contributed by atoms with van der Waals surface area (Å²) in [4.78, 5) is 0. The van der Waals surface area contributed by atoms with Crippen LogP contribution in [-0.2, 0) is 8.85 Å². The molecule has 0 aromatic heterocycles. The van der Waals surface area contributed by atoms with Crippen LogP contribution in [0.3, 0.4) is 0 Å². The number of benzene rings is 2. The minimum atomic E-state index is -3.04. The Morgan fingerprint density at radius 1 is 0.351 bits per heavy atom. The highest BCUT2D eigenvalue weighted by Gasteiger charge is 2.46. The lowest BCUT2D eigenvalue weighted by molar-refractivity contribution is 0.273. The molecule has 0 fully saturated rings. The van der Waals surface area contributed by atoms with Crippen molar-refractivity contribution in [1.82, 2.24) is 0 Å². The van der Waals surface area contributed by atoms with Crippen LogP contribution >= 0.6 is 0 Å². The van der Waals surface area contributed by atoms with Gasteiger partial charge in [-0.2, -0.15) is 0 Å². The average molecular weight is 497 g/mol. The Balaban J connectivity index is 1.54. The molecular formula is C34H28O2Si. The van der Waals surface area contributed by atoms with Crippen molar-refractivity contribution in [3.05, 3.63) is 133 Å². The van der Waals surface area contributed by atoms with E-state index in [1.54, 1.807) is 14.2 Å². The van der Waals surface area contributed by atoms with Crippen molar-refractivity contribution in [2.24, 2.45) is 0 Å². The van der Waals surface area contributed by atoms with Gasteiger partial charge < -0.3 is 8.85 Å². The highest BCUT2D eigenvalue weighted by molar-refractivity contribution is 6.94. The SMILES string of the molecule is CO[Si](OC)(c1ccc2c(-c3ccccc3)ccccc1-2)c1ccc2c(-c3ccccc3)ccccc1-2. The van der Waals surface area contributed by atoms with Gasteiger partial charge in [0.1, 0.15) is 0 Å². The molecule has 0 saturated carbocycles. The molecule has 0 N–H and O–H groups in total. The third-order valence-corrected chi connectivity index (χ3v) is 10.7. The Hall–Kier alpha value is -4.02. The molecule has 2 nitrogen and oxygen atoms in total. The maximum absolute atomic E-state index is 6.46. The first-order chi connectivity index (χ1) is 18.3. The molecular weight excluding hydrogens is 468 g/mol. The van der Waals surface area contributed by atoms with Crippen molar-refractivity contribution < 1.29 is 8.85 Å². The Labute approximate surface area is 219 Å². The van der Waals surface area contributed by atoms with Crippen molar-refractivity contribution in [1.29, 1.82) is 0 Å². The topological polar surface area (TPSA) is 18.5 Å². The van der Waals surface area contributed by atoms with E-state index in [0.717, 1.165) is 21.5 Å². The molecule has 180 valence electrons. The Morgan fingerprint density at radius 2 is 0.703 bits per heavy atom. The molecule has 0 radical (unpaired) electrons. The molecule has 0 atom stereocenters. The van der Waals surface area contributed by atoms with Crippen LogP contribution in [0.1, 0.15) is 0 Å². The van der Waals surface area contributed by atoms with E-state index < -0.39 is 8.56 Å². The summed E-state index contributed by atoms with van der Waals surface area (Å²) in [6, 6.07) is 47.1. The van der Waals surface area contributed by atoms with Gasteiger partial charge in [0, 0.05) is 24.6 Å². The zero-order valence-electron chi connectivity index (χ0n) is 21.0. The first-order valence-corrected chi connectivity index (χ1v) is 14.3. The van der Waals surface area contributed by atoms with E-state index in [1.165, 1.54) is 33.4 Å². The molecule has 4 aliphatic carbocycles. The molecule has 37 heavy (non-hydrogen) atoms. The van der Waals surface area contributed by atoms with E-state index in [0.29, 0.717) is 0 Å². The maximum atomic E-state index is 6.46. The first kappa shape index (κ1) is 23.4. The van der Waals surface area contributed by atoms with Gasteiger partial charge in [0.25, 0.3) is 0 Å². The summed E-state index contributed by atoms with van der Waals surface area (Å²) in [5.41, 5.74) is 9.52. The van der Waals surface area contributed by atoms with Crippen LogP contribution in [0.4, 0.5) is 0 Å². The van der Waals surface area contributed by atoms with Gasteiger partial charge in [0.2, 0.25) is 0 Å². The van der Waals surface area contributed by atoms with Crippen LogP contribution in [0.15, 0.2) is 133 Å². The van der Waals surface area contributed by atoms with E-state index >= 15 is 0 Å². The van der Waals surface area contributed by atoms with E-state index in [9.17, 15) is 0 Å². The van der Waals surface area contributed by atoms with Gasteiger partial charge in [0.15, 0.2) is 0 Å². The van der Waals surface area contributed by atoms with Crippen molar-refractivity contribution in [2.75, 3.05) is 14.2 Å². The molecule has 3 heteroatoms. The summed E-state index contributed by atoms with van der Waals surface area (Å²) in [5, 5.41) is 2.25. The van der Waals surface area contributed by atoms with Gasteiger partial charge >= 0.3 is 8.56 Å². The first-order valence-electron chi connectivity index (χ1n) is 12.5. The van der Waals surface area contributed by atoms with Gasteiger partial charge in [-0.25, -0.2) is 0 Å². The second-order valence-corrected chi connectivity index (χ2v) is 12.3. The Morgan fingerprint density at radius 3 is 1.08 bits per heavy atom. The monoisotopic (exact) mass is 496 g/mol. The van der Waals surface area contributed by atoms with Gasteiger partial charge in [-0.1, -0.05) is 133 Å². The third kappa shape index (κ3) is 3.89. The van der Waals surface area contributed by atoms with Gasteiger partial charge in [-0.15, -0.1) is 0 Å². The highest BCUT2D eigenvalue weighted by Crippen LogP contribution is 2.37. The molecule has 2 aromatic carbocycles. The quantitative estimate of drug-likeness (QED) is 0.229. The zero-order chi connectivity index (χ0) is 25.2. The van der Waals surface area contributed by atoms with Crippen LogP contribution in [0.5, 0.6) is 0 Å². The van der Waals surface area contributed by atoms with Crippen LogP contribution in [0.25, 0.3) is 44.5 Å². The van der Waals surface area contributed by atoms with E-state index in [2.05, 4.69) is 133 Å². The summed E-state index contributed by atoms with van der Waals surface area (Å²) < 4.78 is 12.9. The van der Waals surface area contributed by atoms with Gasteiger partial charge in [0.05, 0.1) is 0 Å². The summed E-state index contributed by atoms with van der Waals surface area (Å²) >= 11 is 0. The van der Waals surface area contributed by atoms with Crippen LogP contribution in [-0.4, -0.2) is 22.8 Å². The second-order valence-electron chi connectivity index (χ2n) is 9.17. The lowest BCUT2D eigenvalue weighted by Gasteiger charge is -2.29. The van der Waals surface area contributed by atoms with Gasteiger partial charge in [-0.05, 0) is 44.5 Å². The van der Waals surface area contributed by atoms with Crippen molar-refractivity contribution in [3.8, 4) is 44.5 Å². The van der Waals surface area contributed by atoms with Crippen molar-refractivity contribution >= 4 is 18.9 Å². The van der Waals surface area contributed by atoms with E-state index in [4.69, 9.17) is 8.85 Å². The third-order valence-electron chi connectivity index (χ3n) is 7.30. The van der Waals surface area contributed by atoms with Crippen LogP contribution in [0.2, 0.25) is 0 Å². The summed E-state index contributed by atoms with van der Waals surface area (Å²) in [6.45, 7) is 0. The van der Waals surface area contributed by atoms with Crippen LogP contribution in [0, 0.1) is 0 Å². The fraction of sp³-hybridized carbons (Fsp3) is 0.0588. The molecule has 0 bridgehead atoms. The molecule has 4 aliphatic rings. The lowest BCUT2D eigenvalue weighted by atomic mass is 10.0. The molecule has 0 amide bonds. The molecule has 0 aliphatic heterocycles. The predicted octanol–water partition coefficient (Wildman–Crippen LogP) is 7.08. The van der Waals surface area contributed by atoms with E-state index in [1.807, 2.05) is 0 Å². The zero-order valence-corrected chi connectivity index (χ0v) is 22.0. The van der Waals surface area contributed by atoms with Crippen molar-refractivity contribution in [2.45, 2.75) is 0 Å². The number of hydrogen-bond acceptors (Lipinski definition) is 2. The standard InChI is InChI=1S/C34H28O2Si/c1-35-37(36-2,33-23-21-29-27(17-9-11-19-31(29)33)25-13-5-3-6-14-25)34-24-22-30-28(18-10-12-20-32(30)34)26-15-7-4-8-16-26/h3-24H,1-2H3. The molecule has 6 rings (SSSR count). The molecule has 0 unspecified atom stereocenters. The Bertz CT molecular complexity index is 1470. The molecule has 0 saturated heterocycles. The number of rotatable bonds is 6. The summed E-state index contributed by atoms with van der Waals surface area (Å²) in [5.74, 6) is 0. The summed E-state index contributed by atoms with van der Waals surface area (Å²) in [6.07, 6.45) is 0. The minimum Gasteiger partial charge on any atom is -0.391 e. The lowest BCUT2D eigenvalue weighted by Crippen LogP contribution is -2.62. The molecule has 2 aromatic rings. The molecule has 0 heterocycles. The van der Waals surface area contributed by atoms with Gasteiger partial charge in [-0.3, -0.25) is 0 Å². The predicted molar refractivity (Wildman–Crippen MR) is 156 cm³/mol. The fourth-order valence-corrected chi connectivity index (χ4v) is 8.67. The molecule has 0 spiro atoms. The number of hydrogen-bond donors (Lipinski definition) is 0. The number of fused-ring (bicyclic) bond motifs is 2. The summed E-state index contributed by atoms with van der Waals surface area (Å²) in [7, 11) is 0.534. The second kappa shape index (κ2) is 9.79. The Kier molecular flexibility index (Phi) is 6.19. The normalized spacial score (nSPS) is 11.7. The highest BCUT2D eigenvalue weighted by atomic mass is 28.4. The maximum Gasteiger partial charge on any atom is 0.407 e. The van der Waals surface area contributed by atoms with Crippen molar-refractivity contribution in [3.63, 3.8) is 0 Å². The average Bonchev–Trinajstić information content (AvgIpc) is 3.42. The smallest absolute Gasteiger partial charge is 0.391 e. The minimum absolute atomic E-state index is 1.13. The van der Waals surface area contributed by atoms with Crippen LogP contribution < -0.4 is 10.4 Å². The van der Waals surface area contributed by atoms with E-state index in [-0.39, 0.29) is 0 Å². The largest absolute Gasteiger partial charge is 0.407 e.